The van der Waals surface area contributed by atoms with Crippen molar-refractivity contribution in [1.29, 1.82) is 0 Å². The number of phenolic OH excluding ortho intramolecular Hbond substituents is 1. The van der Waals surface area contributed by atoms with Gasteiger partial charge in [-0.1, -0.05) is 59.2 Å². The van der Waals surface area contributed by atoms with Crippen LogP contribution in [0.25, 0.3) is 0 Å². The van der Waals surface area contributed by atoms with Gasteiger partial charge < -0.3 is 14.3 Å². The molecular weight excluding hydrogens is 466 g/mol. The Kier molecular flexibility index (Phi) is 9.71. The second kappa shape index (κ2) is 11.1. The van der Waals surface area contributed by atoms with Gasteiger partial charge in [-0.3, -0.25) is 4.55 Å². The standard InChI is InChI=1S/C20H33NO3.C7H8O3S/c1-19(2,3)15-12-14(13-16(17(15)22)20(4,5)6)18(23)24-11-10-21(7,8)9;1-6-2-4-7(5-3-6)11(8,9)10/h12-13H,10-11H2,1-9H3;2-5H,1H3,(H,8,9,10)/p+1. The second-order valence-corrected chi connectivity index (χ2v) is 13.3. The molecule has 0 spiro atoms. The van der Waals surface area contributed by atoms with Crippen LogP contribution in [0.5, 0.6) is 5.75 Å². The summed E-state index contributed by atoms with van der Waals surface area (Å²) < 4.78 is 35.7. The summed E-state index contributed by atoms with van der Waals surface area (Å²) in [5.74, 6) is -0.0580. The number of ether oxygens (including phenoxy) is 1. The number of likely N-dealkylation sites (N-methyl/N-ethyl adjacent to an activating group) is 1. The lowest BCUT2D eigenvalue weighted by Crippen LogP contribution is -2.38. The van der Waals surface area contributed by atoms with E-state index in [0.717, 1.165) is 27.7 Å². The van der Waals surface area contributed by atoms with Gasteiger partial charge in [-0.25, -0.2) is 4.79 Å². The molecule has 2 aromatic rings. The van der Waals surface area contributed by atoms with Crippen LogP contribution in [0.15, 0.2) is 41.3 Å². The van der Waals surface area contributed by atoms with Crippen molar-refractivity contribution in [1.82, 2.24) is 0 Å². The van der Waals surface area contributed by atoms with Crippen molar-refractivity contribution in [3.05, 3.63) is 58.7 Å². The van der Waals surface area contributed by atoms with Crippen molar-refractivity contribution < 1.29 is 32.1 Å². The molecule has 0 radical (unpaired) electrons. The Hall–Kier alpha value is -2.42. The van der Waals surface area contributed by atoms with Gasteiger partial charge >= 0.3 is 5.97 Å². The predicted octanol–water partition coefficient (Wildman–Crippen LogP) is 5.09. The van der Waals surface area contributed by atoms with E-state index in [0.29, 0.717) is 12.2 Å². The normalized spacial score (nSPS) is 12.5. The molecule has 0 bridgehead atoms. The summed E-state index contributed by atoms with van der Waals surface area (Å²) in [6, 6.07) is 9.51. The fraction of sp³-hybridized carbons (Fsp3) is 0.519. The molecule has 196 valence electrons. The zero-order chi connectivity index (χ0) is 27.4. The van der Waals surface area contributed by atoms with Crippen LogP contribution >= 0.6 is 0 Å². The topological polar surface area (TPSA) is 101 Å². The van der Waals surface area contributed by atoms with E-state index in [2.05, 4.69) is 21.1 Å². The highest BCUT2D eigenvalue weighted by Gasteiger charge is 2.28. The van der Waals surface area contributed by atoms with Gasteiger partial charge in [0, 0.05) is 11.1 Å². The Morgan fingerprint density at radius 2 is 1.34 bits per heavy atom. The molecule has 0 saturated heterocycles. The number of quaternary nitrogens is 1. The van der Waals surface area contributed by atoms with E-state index < -0.39 is 10.1 Å². The highest BCUT2D eigenvalue weighted by atomic mass is 32.2. The van der Waals surface area contributed by atoms with Gasteiger partial charge in [0.25, 0.3) is 10.1 Å². The zero-order valence-electron chi connectivity index (χ0n) is 22.8. The third-order valence-electron chi connectivity index (χ3n) is 5.28. The molecule has 0 amide bonds. The second-order valence-electron chi connectivity index (χ2n) is 11.9. The Morgan fingerprint density at radius 1 is 0.914 bits per heavy atom. The molecule has 35 heavy (non-hydrogen) atoms. The van der Waals surface area contributed by atoms with Gasteiger partial charge in [0.1, 0.15) is 18.9 Å². The molecule has 8 heteroatoms. The van der Waals surface area contributed by atoms with Crippen LogP contribution in [-0.4, -0.2) is 62.8 Å². The molecule has 2 aromatic carbocycles. The maximum Gasteiger partial charge on any atom is 0.338 e. The van der Waals surface area contributed by atoms with Crippen LogP contribution in [0.3, 0.4) is 0 Å². The van der Waals surface area contributed by atoms with E-state index in [1.807, 2.05) is 48.5 Å². The van der Waals surface area contributed by atoms with Crippen LogP contribution in [0.4, 0.5) is 0 Å². The lowest BCUT2D eigenvalue weighted by atomic mass is 9.78. The summed E-state index contributed by atoms with van der Waals surface area (Å²) in [6.07, 6.45) is 0. The Labute approximate surface area is 211 Å². The number of esters is 1. The molecule has 0 atom stereocenters. The van der Waals surface area contributed by atoms with E-state index in [-0.39, 0.29) is 27.4 Å². The number of carbonyl (C=O) groups is 1. The van der Waals surface area contributed by atoms with Crippen molar-refractivity contribution in [3.8, 4) is 5.75 Å². The molecule has 0 fully saturated rings. The Bertz CT molecular complexity index is 1080. The number of benzene rings is 2. The number of hydrogen-bond acceptors (Lipinski definition) is 5. The van der Waals surface area contributed by atoms with E-state index in [1.165, 1.54) is 12.1 Å². The largest absolute Gasteiger partial charge is 0.507 e. The first kappa shape index (κ1) is 30.6. The van der Waals surface area contributed by atoms with Gasteiger partial charge in [0.2, 0.25) is 0 Å². The van der Waals surface area contributed by atoms with E-state index in [9.17, 15) is 18.3 Å². The lowest BCUT2D eigenvalue weighted by Gasteiger charge is -2.28. The van der Waals surface area contributed by atoms with Gasteiger partial charge in [0.15, 0.2) is 0 Å². The average Bonchev–Trinajstić information content (AvgIpc) is 2.65. The smallest absolute Gasteiger partial charge is 0.338 e. The third kappa shape index (κ3) is 9.99. The minimum absolute atomic E-state index is 0.0666. The number of carbonyl (C=O) groups excluding carboxylic acids is 1. The first-order valence-corrected chi connectivity index (χ1v) is 13.0. The average molecular weight is 509 g/mol. The minimum atomic E-state index is -4.02. The fourth-order valence-electron chi connectivity index (χ4n) is 3.10. The Morgan fingerprint density at radius 3 is 1.69 bits per heavy atom. The molecule has 0 aliphatic rings. The number of aryl methyl sites for hydroxylation is 1. The lowest BCUT2D eigenvalue weighted by molar-refractivity contribution is -0.870. The van der Waals surface area contributed by atoms with Crippen LogP contribution in [0.1, 0.15) is 68.6 Å². The van der Waals surface area contributed by atoms with Gasteiger partial charge in [-0.2, -0.15) is 8.42 Å². The van der Waals surface area contributed by atoms with Crippen LogP contribution in [0, 0.1) is 6.92 Å². The molecule has 7 nitrogen and oxygen atoms in total. The van der Waals surface area contributed by atoms with Crippen molar-refractivity contribution in [3.63, 3.8) is 0 Å². The van der Waals surface area contributed by atoms with Crippen LogP contribution in [0.2, 0.25) is 0 Å². The predicted molar refractivity (Wildman–Crippen MR) is 140 cm³/mol. The molecule has 0 aromatic heterocycles. The highest BCUT2D eigenvalue weighted by Crippen LogP contribution is 2.39. The maximum absolute atomic E-state index is 12.5. The van der Waals surface area contributed by atoms with Crippen molar-refractivity contribution in [2.24, 2.45) is 0 Å². The molecule has 2 rings (SSSR count). The third-order valence-corrected chi connectivity index (χ3v) is 6.14. The SMILES string of the molecule is CC(C)(C)c1cc(C(=O)OCC[N+](C)(C)C)cc(C(C)(C)C)c1O.Cc1ccc(S(=O)(=O)O)cc1. The molecule has 0 heterocycles. The number of nitrogens with zero attached hydrogens (tertiary/aromatic N) is 1. The minimum Gasteiger partial charge on any atom is -0.507 e. The summed E-state index contributed by atoms with van der Waals surface area (Å²) in [6.45, 7) is 15.1. The molecule has 0 aliphatic carbocycles. The van der Waals surface area contributed by atoms with E-state index >= 15 is 0 Å². The highest BCUT2D eigenvalue weighted by molar-refractivity contribution is 7.85. The fourth-order valence-corrected chi connectivity index (χ4v) is 3.58. The van der Waals surface area contributed by atoms with Crippen LogP contribution < -0.4 is 0 Å². The number of rotatable bonds is 5. The summed E-state index contributed by atoms with van der Waals surface area (Å²) in [4.78, 5) is 12.4. The van der Waals surface area contributed by atoms with Crippen molar-refractivity contribution >= 4 is 16.1 Å². The summed E-state index contributed by atoms with van der Waals surface area (Å²) in [5.41, 5.74) is 2.48. The number of phenols is 1. The number of aromatic hydroxyl groups is 1. The first-order chi connectivity index (χ1) is 15.6. The number of hydrogen-bond donors (Lipinski definition) is 2. The summed E-state index contributed by atoms with van der Waals surface area (Å²) >= 11 is 0. The van der Waals surface area contributed by atoms with E-state index in [4.69, 9.17) is 9.29 Å². The quantitative estimate of drug-likeness (QED) is 0.331. The zero-order valence-corrected chi connectivity index (χ0v) is 23.6. The van der Waals surface area contributed by atoms with Gasteiger partial charge in [0.05, 0.1) is 31.6 Å². The van der Waals surface area contributed by atoms with Crippen molar-refractivity contribution in [2.45, 2.75) is 64.2 Å². The monoisotopic (exact) mass is 508 g/mol. The molecule has 0 aliphatic heterocycles. The van der Waals surface area contributed by atoms with Crippen LogP contribution in [-0.2, 0) is 25.7 Å². The Balaban J connectivity index is 0.000000462. The first-order valence-electron chi connectivity index (χ1n) is 11.5. The summed E-state index contributed by atoms with van der Waals surface area (Å²) in [5, 5.41) is 10.7. The molecule has 0 saturated carbocycles. The van der Waals surface area contributed by atoms with Crippen molar-refractivity contribution in [2.75, 3.05) is 34.3 Å². The van der Waals surface area contributed by atoms with Gasteiger partial charge in [-0.15, -0.1) is 0 Å². The van der Waals surface area contributed by atoms with Gasteiger partial charge in [-0.05, 0) is 42.0 Å². The van der Waals surface area contributed by atoms with E-state index in [1.54, 1.807) is 24.3 Å². The molecular formula is C27H42NO6S+. The molecule has 2 N–H and O–H groups in total. The molecule has 0 unspecified atom stereocenters. The summed E-state index contributed by atoms with van der Waals surface area (Å²) in [7, 11) is 2.16. The maximum atomic E-state index is 12.5.